The number of aryl methyl sites for hydroxylation is 1. The van der Waals surface area contributed by atoms with Crippen LogP contribution in [-0.4, -0.2) is 14.3 Å². The summed E-state index contributed by atoms with van der Waals surface area (Å²) >= 11 is 0. The summed E-state index contributed by atoms with van der Waals surface area (Å²) in [6.07, 6.45) is 0. The molecule has 0 aliphatic heterocycles. The summed E-state index contributed by atoms with van der Waals surface area (Å²) in [6.45, 7) is 1.74. The number of amides is 1. The number of primary amides is 1. The van der Waals surface area contributed by atoms with Crippen molar-refractivity contribution in [2.75, 3.05) is 5.73 Å². The van der Waals surface area contributed by atoms with Crippen LogP contribution >= 0.6 is 0 Å². The van der Waals surface area contributed by atoms with Gasteiger partial charge in [-0.2, -0.15) is 0 Å². The number of carbonyl (C=O) groups is 1. The molecule has 21 heavy (non-hydrogen) atoms. The number of hydrogen-bond donors (Lipinski definition) is 2. The first kappa shape index (κ1) is 15.1. The predicted molar refractivity (Wildman–Crippen MR) is 81.4 cm³/mol. The molecule has 1 amide bonds. The maximum Gasteiger partial charge on any atom is 0.249 e. The van der Waals surface area contributed by atoms with Crippen molar-refractivity contribution >= 4 is 21.4 Å². The molecule has 110 valence electrons. The van der Waals surface area contributed by atoms with Gasteiger partial charge in [0.2, 0.25) is 5.91 Å². The molecule has 0 unspecified atom stereocenters. The minimum absolute atomic E-state index is 0.0711. The van der Waals surface area contributed by atoms with Gasteiger partial charge in [0.15, 0.2) is 9.84 Å². The van der Waals surface area contributed by atoms with Crippen LogP contribution in [0.1, 0.15) is 21.5 Å². The van der Waals surface area contributed by atoms with Crippen LogP contribution in [0.5, 0.6) is 0 Å². The summed E-state index contributed by atoms with van der Waals surface area (Å²) in [7, 11) is -3.66. The lowest BCUT2D eigenvalue weighted by molar-refractivity contribution is 0.0999. The maximum absolute atomic E-state index is 12.5. The van der Waals surface area contributed by atoms with Crippen LogP contribution in [0, 0.1) is 6.92 Å². The Balaban J connectivity index is 2.48. The molecule has 0 saturated heterocycles. The SMILES string of the molecule is Cc1cccc(S(=O)(=O)Cc2ccccc2C(N)=O)c1N. The Kier molecular flexibility index (Phi) is 3.99. The highest BCUT2D eigenvalue weighted by Crippen LogP contribution is 2.26. The molecular weight excluding hydrogens is 288 g/mol. The van der Waals surface area contributed by atoms with E-state index in [4.69, 9.17) is 11.5 Å². The molecule has 4 N–H and O–H groups in total. The first-order valence-corrected chi connectivity index (χ1v) is 7.93. The summed E-state index contributed by atoms with van der Waals surface area (Å²) in [4.78, 5) is 11.4. The maximum atomic E-state index is 12.5. The highest BCUT2D eigenvalue weighted by atomic mass is 32.2. The first-order valence-electron chi connectivity index (χ1n) is 6.28. The van der Waals surface area contributed by atoms with Crippen molar-refractivity contribution in [3.63, 3.8) is 0 Å². The summed E-state index contributed by atoms with van der Waals surface area (Å²) in [6, 6.07) is 11.2. The number of carbonyl (C=O) groups excluding carboxylic acids is 1. The zero-order valence-corrected chi connectivity index (χ0v) is 12.4. The zero-order chi connectivity index (χ0) is 15.6. The van der Waals surface area contributed by atoms with Crippen molar-refractivity contribution in [3.05, 3.63) is 59.2 Å². The van der Waals surface area contributed by atoms with Gasteiger partial charge in [-0.1, -0.05) is 30.3 Å². The predicted octanol–water partition coefficient (Wildman–Crippen LogP) is 1.65. The van der Waals surface area contributed by atoms with E-state index in [1.165, 1.54) is 12.1 Å². The molecule has 0 bridgehead atoms. The molecule has 0 saturated carbocycles. The van der Waals surface area contributed by atoms with E-state index in [0.29, 0.717) is 11.1 Å². The van der Waals surface area contributed by atoms with Gasteiger partial charge >= 0.3 is 0 Å². The average Bonchev–Trinajstić information content (AvgIpc) is 2.41. The van der Waals surface area contributed by atoms with E-state index in [0.717, 1.165) is 0 Å². The highest BCUT2D eigenvalue weighted by Gasteiger charge is 2.21. The molecule has 0 atom stereocenters. The molecule has 0 fully saturated rings. The topological polar surface area (TPSA) is 103 Å². The summed E-state index contributed by atoms with van der Waals surface area (Å²) in [5.41, 5.74) is 12.6. The molecule has 0 aliphatic carbocycles. The lowest BCUT2D eigenvalue weighted by Crippen LogP contribution is -2.16. The van der Waals surface area contributed by atoms with Gasteiger partial charge in [-0.25, -0.2) is 8.42 Å². The molecule has 5 nitrogen and oxygen atoms in total. The third kappa shape index (κ3) is 3.05. The molecule has 0 spiro atoms. The molecule has 2 aromatic carbocycles. The van der Waals surface area contributed by atoms with Crippen LogP contribution in [0.15, 0.2) is 47.4 Å². The quantitative estimate of drug-likeness (QED) is 0.838. The Bertz CT molecular complexity index is 798. The van der Waals surface area contributed by atoms with E-state index in [-0.39, 0.29) is 21.9 Å². The normalized spacial score (nSPS) is 11.3. The Labute approximate surface area is 123 Å². The van der Waals surface area contributed by atoms with Gasteiger partial charge in [0.25, 0.3) is 0 Å². The van der Waals surface area contributed by atoms with Crippen molar-refractivity contribution in [1.29, 1.82) is 0 Å². The monoisotopic (exact) mass is 304 g/mol. The second-order valence-electron chi connectivity index (χ2n) is 4.77. The third-order valence-corrected chi connectivity index (χ3v) is 4.96. The van der Waals surface area contributed by atoms with Gasteiger partial charge in [0.1, 0.15) is 0 Å². The number of nitrogens with two attached hydrogens (primary N) is 2. The summed E-state index contributed by atoms with van der Waals surface area (Å²) in [5.74, 6) is -0.974. The molecule has 0 aliphatic rings. The fourth-order valence-corrected chi connectivity index (χ4v) is 3.69. The largest absolute Gasteiger partial charge is 0.397 e. The fraction of sp³-hybridized carbons (Fsp3) is 0.133. The molecule has 6 heteroatoms. The van der Waals surface area contributed by atoms with Gasteiger partial charge in [-0.05, 0) is 30.2 Å². The minimum Gasteiger partial charge on any atom is -0.397 e. The van der Waals surface area contributed by atoms with E-state index in [1.807, 2.05) is 0 Å². The zero-order valence-electron chi connectivity index (χ0n) is 11.5. The standard InChI is InChI=1S/C15H16N2O3S/c1-10-5-4-8-13(14(10)16)21(19,20)9-11-6-2-3-7-12(11)15(17)18/h2-8H,9,16H2,1H3,(H2,17,18). The lowest BCUT2D eigenvalue weighted by atomic mass is 10.1. The van der Waals surface area contributed by atoms with Crippen LogP contribution < -0.4 is 11.5 Å². The van der Waals surface area contributed by atoms with Crippen LogP contribution in [0.4, 0.5) is 5.69 Å². The van der Waals surface area contributed by atoms with Crippen LogP contribution in [0.25, 0.3) is 0 Å². The minimum atomic E-state index is -3.66. The Morgan fingerprint density at radius 2 is 1.76 bits per heavy atom. The van der Waals surface area contributed by atoms with Gasteiger partial charge in [-0.3, -0.25) is 4.79 Å². The highest BCUT2D eigenvalue weighted by molar-refractivity contribution is 7.90. The number of para-hydroxylation sites is 1. The van der Waals surface area contributed by atoms with Crippen LogP contribution in [0.3, 0.4) is 0 Å². The Hall–Kier alpha value is -2.34. The molecule has 0 heterocycles. The molecular formula is C15H16N2O3S. The molecule has 2 aromatic rings. The second-order valence-corrected chi connectivity index (χ2v) is 6.73. The molecule has 0 aromatic heterocycles. The number of benzene rings is 2. The molecule has 0 radical (unpaired) electrons. The number of sulfone groups is 1. The van der Waals surface area contributed by atoms with Gasteiger partial charge in [-0.15, -0.1) is 0 Å². The number of rotatable bonds is 4. The van der Waals surface area contributed by atoms with E-state index in [2.05, 4.69) is 0 Å². The van der Waals surface area contributed by atoms with E-state index >= 15 is 0 Å². The van der Waals surface area contributed by atoms with E-state index < -0.39 is 15.7 Å². The lowest BCUT2D eigenvalue weighted by Gasteiger charge is -2.11. The van der Waals surface area contributed by atoms with Crippen molar-refractivity contribution in [1.82, 2.24) is 0 Å². The Morgan fingerprint density at radius 3 is 2.43 bits per heavy atom. The van der Waals surface area contributed by atoms with Gasteiger partial charge < -0.3 is 11.5 Å². The summed E-state index contributed by atoms with van der Waals surface area (Å²) in [5, 5.41) is 0. The number of anilines is 1. The fourth-order valence-electron chi connectivity index (χ4n) is 2.09. The van der Waals surface area contributed by atoms with Crippen molar-refractivity contribution < 1.29 is 13.2 Å². The molecule has 2 rings (SSSR count). The third-order valence-electron chi connectivity index (χ3n) is 3.25. The van der Waals surface area contributed by atoms with Crippen LogP contribution in [-0.2, 0) is 15.6 Å². The number of hydrogen-bond acceptors (Lipinski definition) is 4. The first-order chi connectivity index (χ1) is 9.83. The number of nitrogen functional groups attached to an aromatic ring is 1. The Morgan fingerprint density at radius 1 is 1.10 bits per heavy atom. The smallest absolute Gasteiger partial charge is 0.249 e. The van der Waals surface area contributed by atoms with Crippen molar-refractivity contribution in [2.24, 2.45) is 5.73 Å². The summed E-state index contributed by atoms with van der Waals surface area (Å²) < 4.78 is 25.0. The van der Waals surface area contributed by atoms with Gasteiger partial charge in [0, 0.05) is 5.56 Å². The van der Waals surface area contributed by atoms with Crippen LogP contribution in [0.2, 0.25) is 0 Å². The van der Waals surface area contributed by atoms with E-state index in [1.54, 1.807) is 37.3 Å². The van der Waals surface area contributed by atoms with Crippen molar-refractivity contribution in [2.45, 2.75) is 17.6 Å². The van der Waals surface area contributed by atoms with E-state index in [9.17, 15) is 13.2 Å². The van der Waals surface area contributed by atoms with Crippen molar-refractivity contribution in [3.8, 4) is 0 Å². The van der Waals surface area contributed by atoms with Gasteiger partial charge in [0.05, 0.1) is 16.3 Å². The average molecular weight is 304 g/mol. The second kappa shape index (κ2) is 5.57.